The summed E-state index contributed by atoms with van der Waals surface area (Å²) in [5.74, 6) is 1.66. The molecule has 0 amide bonds. The van der Waals surface area contributed by atoms with E-state index in [1.54, 1.807) is 29.5 Å². The highest BCUT2D eigenvalue weighted by atomic mass is 79.9. The van der Waals surface area contributed by atoms with Gasteiger partial charge < -0.3 is 9.26 Å². The SMILES string of the molecule is Clc1ccc(OCc2nc(-c3ccsc3)no2)c(Br)c1. The maximum absolute atomic E-state index is 5.87. The molecule has 0 bridgehead atoms. The average Bonchev–Trinajstić information content (AvgIpc) is 3.08. The Labute approximate surface area is 132 Å². The molecule has 3 aromatic rings. The second kappa shape index (κ2) is 5.95. The molecule has 102 valence electrons. The van der Waals surface area contributed by atoms with Gasteiger partial charge in [-0.3, -0.25) is 0 Å². The number of nitrogens with zero attached hydrogens (tertiary/aromatic N) is 2. The minimum atomic E-state index is 0.206. The first-order valence-corrected chi connectivity index (χ1v) is 7.77. The van der Waals surface area contributed by atoms with E-state index in [0.717, 1.165) is 10.0 Å². The van der Waals surface area contributed by atoms with Crippen LogP contribution in [0.25, 0.3) is 11.4 Å². The van der Waals surface area contributed by atoms with Crippen molar-refractivity contribution in [1.82, 2.24) is 10.1 Å². The zero-order valence-electron chi connectivity index (χ0n) is 10.0. The van der Waals surface area contributed by atoms with Gasteiger partial charge in [0.25, 0.3) is 5.89 Å². The number of benzene rings is 1. The Morgan fingerprint density at radius 2 is 2.25 bits per heavy atom. The van der Waals surface area contributed by atoms with Crippen molar-refractivity contribution in [3.63, 3.8) is 0 Å². The van der Waals surface area contributed by atoms with Crippen LogP contribution >= 0.6 is 38.9 Å². The molecule has 0 aliphatic rings. The van der Waals surface area contributed by atoms with Crippen molar-refractivity contribution in [2.75, 3.05) is 0 Å². The molecule has 0 aliphatic carbocycles. The van der Waals surface area contributed by atoms with E-state index in [4.69, 9.17) is 20.9 Å². The quantitative estimate of drug-likeness (QED) is 0.661. The lowest BCUT2D eigenvalue weighted by atomic mass is 10.3. The van der Waals surface area contributed by atoms with Crippen molar-refractivity contribution in [3.8, 4) is 17.1 Å². The molecule has 0 atom stereocenters. The lowest BCUT2D eigenvalue weighted by molar-refractivity contribution is 0.242. The Bertz CT molecular complexity index is 715. The van der Waals surface area contributed by atoms with Crippen LogP contribution in [0, 0.1) is 0 Å². The van der Waals surface area contributed by atoms with E-state index in [-0.39, 0.29) is 6.61 Å². The fourth-order valence-electron chi connectivity index (χ4n) is 1.55. The molecule has 3 rings (SSSR count). The number of thiophene rings is 1. The minimum absolute atomic E-state index is 0.206. The maximum atomic E-state index is 5.87. The van der Waals surface area contributed by atoms with Crippen molar-refractivity contribution in [1.29, 1.82) is 0 Å². The highest BCUT2D eigenvalue weighted by molar-refractivity contribution is 9.10. The lowest BCUT2D eigenvalue weighted by Gasteiger charge is -2.05. The predicted octanol–water partition coefficient (Wildman–Crippen LogP) is 4.79. The number of rotatable bonds is 4. The monoisotopic (exact) mass is 370 g/mol. The molecule has 1 aromatic carbocycles. The van der Waals surface area contributed by atoms with Gasteiger partial charge in [-0.25, -0.2) is 0 Å². The van der Waals surface area contributed by atoms with E-state index >= 15 is 0 Å². The normalized spacial score (nSPS) is 10.7. The van der Waals surface area contributed by atoms with Crippen LogP contribution in [-0.2, 0) is 6.61 Å². The topological polar surface area (TPSA) is 48.2 Å². The number of ether oxygens (including phenoxy) is 1. The first-order valence-electron chi connectivity index (χ1n) is 5.65. The molecule has 2 heterocycles. The molecule has 0 unspecified atom stereocenters. The van der Waals surface area contributed by atoms with Crippen LogP contribution in [0.15, 0.2) is 44.0 Å². The van der Waals surface area contributed by atoms with Gasteiger partial charge >= 0.3 is 0 Å². The molecule has 0 aliphatic heterocycles. The van der Waals surface area contributed by atoms with Crippen LogP contribution in [0.4, 0.5) is 0 Å². The van der Waals surface area contributed by atoms with Crippen molar-refractivity contribution in [2.24, 2.45) is 0 Å². The summed E-state index contributed by atoms with van der Waals surface area (Å²) >= 11 is 10.8. The van der Waals surface area contributed by atoms with Crippen LogP contribution in [0.5, 0.6) is 5.75 Å². The first-order chi connectivity index (χ1) is 9.72. The molecule has 0 fully saturated rings. The van der Waals surface area contributed by atoms with Crippen molar-refractivity contribution in [2.45, 2.75) is 6.61 Å². The largest absolute Gasteiger partial charge is 0.483 e. The van der Waals surface area contributed by atoms with Gasteiger partial charge in [0.2, 0.25) is 5.82 Å². The molecule has 4 nitrogen and oxygen atoms in total. The van der Waals surface area contributed by atoms with Crippen LogP contribution < -0.4 is 4.74 Å². The van der Waals surface area contributed by atoms with E-state index in [1.165, 1.54) is 0 Å². The summed E-state index contributed by atoms with van der Waals surface area (Å²) in [4.78, 5) is 4.28. The van der Waals surface area contributed by atoms with Crippen LogP contribution in [-0.4, -0.2) is 10.1 Å². The highest BCUT2D eigenvalue weighted by Gasteiger charge is 2.10. The summed E-state index contributed by atoms with van der Waals surface area (Å²) in [6.07, 6.45) is 0. The van der Waals surface area contributed by atoms with E-state index in [1.807, 2.05) is 16.8 Å². The van der Waals surface area contributed by atoms with Crippen LogP contribution in [0.2, 0.25) is 5.02 Å². The molecule has 0 saturated carbocycles. The van der Waals surface area contributed by atoms with E-state index < -0.39 is 0 Å². The first kappa shape index (κ1) is 13.6. The summed E-state index contributed by atoms with van der Waals surface area (Å²) in [6, 6.07) is 7.24. The molecular weight excluding hydrogens is 364 g/mol. The van der Waals surface area contributed by atoms with E-state index in [0.29, 0.717) is 22.5 Å². The Morgan fingerprint density at radius 3 is 3.00 bits per heavy atom. The zero-order chi connectivity index (χ0) is 13.9. The summed E-state index contributed by atoms with van der Waals surface area (Å²) in [5, 5.41) is 8.48. The molecule has 0 spiro atoms. The van der Waals surface area contributed by atoms with Gasteiger partial charge in [-0.1, -0.05) is 16.8 Å². The second-order valence-corrected chi connectivity index (χ2v) is 5.96. The zero-order valence-corrected chi connectivity index (χ0v) is 13.2. The Balaban J connectivity index is 1.70. The molecule has 20 heavy (non-hydrogen) atoms. The molecule has 0 radical (unpaired) electrons. The number of halogens is 2. The summed E-state index contributed by atoms with van der Waals surface area (Å²) < 4.78 is 11.5. The second-order valence-electron chi connectivity index (χ2n) is 3.89. The maximum Gasteiger partial charge on any atom is 0.264 e. The van der Waals surface area contributed by atoms with E-state index in [9.17, 15) is 0 Å². The van der Waals surface area contributed by atoms with Gasteiger partial charge in [0.15, 0.2) is 6.61 Å². The minimum Gasteiger partial charge on any atom is -0.483 e. The predicted molar refractivity (Wildman–Crippen MR) is 81.1 cm³/mol. The smallest absolute Gasteiger partial charge is 0.264 e. The highest BCUT2D eigenvalue weighted by Crippen LogP contribution is 2.28. The Hall–Kier alpha value is -1.37. The summed E-state index contributed by atoms with van der Waals surface area (Å²) in [5.41, 5.74) is 0.942. The molecule has 2 aromatic heterocycles. The van der Waals surface area contributed by atoms with Crippen molar-refractivity contribution in [3.05, 3.63) is 50.4 Å². The fraction of sp³-hybridized carbons (Fsp3) is 0.0769. The average molecular weight is 372 g/mol. The van der Waals surface area contributed by atoms with Crippen LogP contribution in [0.3, 0.4) is 0 Å². The molecule has 0 saturated heterocycles. The van der Waals surface area contributed by atoms with Crippen LogP contribution in [0.1, 0.15) is 5.89 Å². The summed E-state index contributed by atoms with van der Waals surface area (Å²) in [7, 11) is 0. The molecular formula is C13H8BrClN2O2S. The van der Waals surface area contributed by atoms with Gasteiger partial charge in [0, 0.05) is 16.0 Å². The van der Waals surface area contributed by atoms with Crippen molar-refractivity contribution >= 4 is 38.9 Å². The Kier molecular flexibility index (Phi) is 4.05. The molecule has 7 heteroatoms. The number of hydrogen-bond donors (Lipinski definition) is 0. The number of hydrogen-bond acceptors (Lipinski definition) is 5. The van der Waals surface area contributed by atoms with Gasteiger partial charge in [0.1, 0.15) is 5.75 Å². The van der Waals surface area contributed by atoms with Gasteiger partial charge in [-0.15, -0.1) is 0 Å². The third-order valence-corrected chi connectivity index (χ3v) is 4.03. The standard InChI is InChI=1S/C13H8BrClN2O2S/c14-10-5-9(15)1-2-11(10)18-6-12-16-13(17-19-12)8-3-4-20-7-8/h1-5,7H,6H2. The third kappa shape index (κ3) is 3.03. The Morgan fingerprint density at radius 1 is 1.35 bits per heavy atom. The fourth-order valence-corrected chi connectivity index (χ4v) is 2.99. The molecule has 0 N–H and O–H groups in total. The lowest BCUT2D eigenvalue weighted by Crippen LogP contribution is -1.96. The van der Waals surface area contributed by atoms with Gasteiger partial charge in [-0.2, -0.15) is 16.3 Å². The summed E-state index contributed by atoms with van der Waals surface area (Å²) in [6.45, 7) is 0.206. The van der Waals surface area contributed by atoms with Gasteiger partial charge in [-0.05, 0) is 45.6 Å². The van der Waals surface area contributed by atoms with Gasteiger partial charge in [0.05, 0.1) is 4.47 Å². The van der Waals surface area contributed by atoms with E-state index in [2.05, 4.69) is 26.1 Å². The number of aromatic nitrogens is 2. The van der Waals surface area contributed by atoms with Crippen molar-refractivity contribution < 1.29 is 9.26 Å². The third-order valence-electron chi connectivity index (χ3n) is 2.49.